The van der Waals surface area contributed by atoms with Crippen molar-refractivity contribution >= 4 is 17.2 Å². The highest BCUT2D eigenvalue weighted by Crippen LogP contribution is 2.43. The lowest BCUT2D eigenvalue weighted by Crippen LogP contribution is -2.47. The average molecular weight is 364 g/mol. The van der Waals surface area contributed by atoms with Crippen molar-refractivity contribution in [3.63, 3.8) is 0 Å². The van der Waals surface area contributed by atoms with Crippen molar-refractivity contribution in [2.75, 3.05) is 26.9 Å². The van der Waals surface area contributed by atoms with Gasteiger partial charge in [0.05, 0.1) is 12.1 Å². The van der Waals surface area contributed by atoms with Gasteiger partial charge in [0.1, 0.15) is 0 Å². The van der Waals surface area contributed by atoms with Crippen LogP contribution in [0.1, 0.15) is 55.0 Å². The van der Waals surface area contributed by atoms with E-state index in [1.54, 1.807) is 7.11 Å². The summed E-state index contributed by atoms with van der Waals surface area (Å²) in [6.07, 6.45) is 7.50. The summed E-state index contributed by atoms with van der Waals surface area (Å²) in [5.74, 6) is 1.13. The second-order valence-corrected chi connectivity index (χ2v) is 8.64. The summed E-state index contributed by atoms with van der Waals surface area (Å²) >= 11 is 1.84. The molecule has 2 aliphatic heterocycles. The number of methoxy groups -OCH3 is 1. The SMILES string of the molecule is COC1CCC(C(=O)N2CCc3ccsc3C2C2CCOCC2)CC1. The molecular weight excluding hydrogens is 334 g/mol. The van der Waals surface area contributed by atoms with E-state index < -0.39 is 0 Å². The van der Waals surface area contributed by atoms with Crippen molar-refractivity contribution in [1.29, 1.82) is 0 Å². The molecule has 1 aromatic heterocycles. The fraction of sp³-hybridized carbons (Fsp3) is 0.750. The van der Waals surface area contributed by atoms with Gasteiger partial charge in [0, 0.05) is 37.7 Å². The molecule has 4 rings (SSSR count). The summed E-state index contributed by atoms with van der Waals surface area (Å²) in [5, 5.41) is 2.20. The van der Waals surface area contributed by atoms with Crippen LogP contribution in [0.3, 0.4) is 0 Å². The Balaban J connectivity index is 1.53. The molecule has 2 fully saturated rings. The van der Waals surface area contributed by atoms with E-state index in [2.05, 4.69) is 16.3 Å². The van der Waals surface area contributed by atoms with E-state index in [1.807, 2.05) is 11.3 Å². The highest BCUT2D eigenvalue weighted by atomic mass is 32.1. The smallest absolute Gasteiger partial charge is 0.226 e. The molecule has 0 spiro atoms. The topological polar surface area (TPSA) is 38.8 Å². The Labute approximate surface area is 154 Å². The van der Waals surface area contributed by atoms with E-state index in [1.165, 1.54) is 10.4 Å². The van der Waals surface area contributed by atoms with Crippen LogP contribution in [0, 0.1) is 11.8 Å². The van der Waals surface area contributed by atoms with Crippen molar-refractivity contribution in [2.24, 2.45) is 11.8 Å². The van der Waals surface area contributed by atoms with E-state index in [4.69, 9.17) is 9.47 Å². The van der Waals surface area contributed by atoms with Gasteiger partial charge in [-0.1, -0.05) is 0 Å². The van der Waals surface area contributed by atoms with Crippen molar-refractivity contribution in [2.45, 2.75) is 57.1 Å². The number of hydrogen-bond donors (Lipinski definition) is 0. The van der Waals surface area contributed by atoms with Crippen molar-refractivity contribution in [3.8, 4) is 0 Å². The molecule has 1 atom stereocenters. The van der Waals surface area contributed by atoms with Gasteiger partial charge in [-0.3, -0.25) is 4.79 Å². The number of fused-ring (bicyclic) bond motifs is 1. The van der Waals surface area contributed by atoms with Gasteiger partial charge >= 0.3 is 0 Å². The quantitative estimate of drug-likeness (QED) is 0.820. The molecule has 1 saturated heterocycles. The number of carbonyl (C=O) groups is 1. The van der Waals surface area contributed by atoms with Crippen LogP contribution in [0.4, 0.5) is 0 Å². The van der Waals surface area contributed by atoms with Crippen LogP contribution in [0.25, 0.3) is 0 Å². The van der Waals surface area contributed by atoms with Crippen molar-refractivity contribution in [1.82, 2.24) is 4.90 Å². The van der Waals surface area contributed by atoms with E-state index in [-0.39, 0.29) is 12.0 Å². The van der Waals surface area contributed by atoms with E-state index in [0.717, 1.165) is 64.7 Å². The Morgan fingerprint density at radius 2 is 1.96 bits per heavy atom. The summed E-state index contributed by atoms with van der Waals surface area (Å²) in [4.78, 5) is 17.1. The lowest BCUT2D eigenvalue weighted by Gasteiger charge is -2.43. The fourth-order valence-corrected chi connectivity index (χ4v) is 6.02. The lowest BCUT2D eigenvalue weighted by atomic mass is 9.82. The van der Waals surface area contributed by atoms with Gasteiger partial charge in [-0.05, 0) is 67.9 Å². The normalized spacial score (nSPS) is 30.9. The minimum Gasteiger partial charge on any atom is -0.381 e. The standard InChI is InChI=1S/C20H29NO3S/c1-23-17-4-2-16(3-5-17)20(22)21-10-6-15-9-13-25-19(15)18(21)14-7-11-24-12-8-14/h9,13-14,16-18H,2-8,10-12H2,1H3. The third-order valence-corrected chi connectivity index (χ3v) is 7.39. The Morgan fingerprint density at radius 3 is 2.68 bits per heavy atom. The minimum atomic E-state index is 0.190. The Kier molecular flexibility index (Phi) is 5.44. The maximum absolute atomic E-state index is 13.4. The number of amides is 1. The maximum Gasteiger partial charge on any atom is 0.226 e. The zero-order chi connectivity index (χ0) is 17.2. The number of rotatable bonds is 3. The van der Waals surface area contributed by atoms with Crippen LogP contribution >= 0.6 is 11.3 Å². The zero-order valence-corrected chi connectivity index (χ0v) is 15.9. The highest BCUT2D eigenvalue weighted by Gasteiger charge is 2.40. The summed E-state index contributed by atoms with van der Waals surface area (Å²) in [5.41, 5.74) is 1.47. The molecule has 0 bridgehead atoms. The first kappa shape index (κ1) is 17.5. The molecule has 1 aromatic rings. The third-order valence-electron chi connectivity index (χ3n) is 6.36. The van der Waals surface area contributed by atoms with E-state index in [9.17, 15) is 4.79 Å². The predicted molar refractivity (Wildman–Crippen MR) is 98.8 cm³/mol. The number of nitrogens with zero attached hydrogens (tertiary/aromatic N) is 1. The van der Waals surface area contributed by atoms with Gasteiger partial charge in [0.25, 0.3) is 0 Å². The molecule has 1 saturated carbocycles. The summed E-state index contributed by atoms with van der Waals surface area (Å²) in [6, 6.07) is 2.54. The maximum atomic E-state index is 13.4. The van der Waals surface area contributed by atoms with Gasteiger partial charge in [0.2, 0.25) is 5.91 Å². The summed E-state index contributed by atoms with van der Waals surface area (Å²) in [7, 11) is 1.79. The number of ether oxygens (including phenoxy) is 2. The minimum absolute atomic E-state index is 0.190. The van der Waals surface area contributed by atoms with Crippen LogP contribution in [-0.4, -0.2) is 43.8 Å². The Hall–Kier alpha value is -0.910. The van der Waals surface area contributed by atoms with E-state index >= 15 is 0 Å². The van der Waals surface area contributed by atoms with Gasteiger partial charge in [-0.2, -0.15) is 0 Å². The van der Waals surface area contributed by atoms with Crippen LogP contribution < -0.4 is 0 Å². The van der Waals surface area contributed by atoms with Crippen LogP contribution in [0.15, 0.2) is 11.4 Å². The Morgan fingerprint density at radius 1 is 1.20 bits per heavy atom. The molecule has 138 valence electrons. The number of hydrogen-bond acceptors (Lipinski definition) is 4. The molecule has 0 radical (unpaired) electrons. The number of thiophene rings is 1. The second-order valence-electron chi connectivity index (χ2n) is 7.70. The monoisotopic (exact) mass is 363 g/mol. The largest absolute Gasteiger partial charge is 0.381 e. The molecule has 0 aromatic carbocycles. The zero-order valence-electron chi connectivity index (χ0n) is 15.1. The van der Waals surface area contributed by atoms with Gasteiger partial charge in [-0.15, -0.1) is 11.3 Å². The van der Waals surface area contributed by atoms with Gasteiger partial charge in [0.15, 0.2) is 0 Å². The molecule has 1 unspecified atom stereocenters. The van der Waals surface area contributed by atoms with Gasteiger partial charge in [-0.25, -0.2) is 0 Å². The first-order valence-electron chi connectivity index (χ1n) is 9.75. The molecule has 5 heteroatoms. The average Bonchev–Trinajstić information content (AvgIpc) is 3.16. The molecule has 1 amide bonds. The predicted octanol–water partition coefficient (Wildman–Crippen LogP) is 3.81. The molecule has 0 N–H and O–H groups in total. The molecule has 1 aliphatic carbocycles. The van der Waals surface area contributed by atoms with Crippen molar-refractivity contribution < 1.29 is 14.3 Å². The van der Waals surface area contributed by atoms with Gasteiger partial charge < -0.3 is 14.4 Å². The molecule has 3 heterocycles. The summed E-state index contributed by atoms with van der Waals surface area (Å²) in [6.45, 7) is 2.56. The number of carbonyl (C=O) groups excluding carboxylic acids is 1. The molecular formula is C20H29NO3S. The first-order chi connectivity index (χ1) is 12.3. The first-order valence-corrected chi connectivity index (χ1v) is 10.6. The Bertz CT molecular complexity index is 588. The van der Waals surface area contributed by atoms with Crippen LogP contribution in [-0.2, 0) is 20.7 Å². The third kappa shape index (κ3) is 3.51. The second kappa shape index (κ2) is 7.77. The lowest BCUT2D eigenvalue weighted by molar-refractivity contribution is -0.142. The molecule has 4 nitrogen and oxygen atoms in total. The molecule has 3 aliphatic rings. The molecule has 25 heavy (non-hydrogen) atoms. The van der Waals surface area contributed by atoms with Crippen molar-refractivity contribution in [3.05, 3.63) is 21.9 Å². The summed E-state index contributed by atoms with van der Waals surface area (Å²) < 4.78 is 11.1. The van der Waals surface area contributed by atoms with E-state index in [0.29, 0.717) is 17.9 Å². The highest BCUT2D eigenvalue weighted by molar-refractivity contribution is 7.10. The van der Waals surface area contributed by atoms with Crippen LogP contribution in [0.5, 0.6) is 0 Å². The van der Waals surface area contributed by atoms with Crippen LogP contribution in [0.2, 0.25) is 0 Å². The fourth-order valence-electron chi connectivity index (χ4n) is 4.86.